The van der Waals surface area contributed by atoms with Crippen LogP contribution in [0.25, 0.3) is 11.3 Å². The van der Waals surface area contributed by atoms with E-state index < -0.39 is 16.7 Å². The lowest BCUT2D eigenvalue weighted by Gasteiger charge is -2.08. The molecule has 2 rings (SSSR count). The topological polar surface area (TPSA) is 72.0 Å². The highest BCUT2D eigenvalue weighted by molar-refractivity contribution is 7.92. The first-order valence-corrected chi connectivity index (χ1v) is 8.97. The predicted molar refractivity (Wildman–Crippen MR) is 83.0 cm³/mol. The molecule has 0 aliphatic heterocycles. The molecule has 0 unspecified atom stereocenters. The quantitative estimate of drug-likeness (QED) is 0.778. The molecule has 0 saturated heterocycles. The molecule has 1 heterocycles. The van der Waals surface area contributed by atoms with Gasteiger partial charge in [-0.1, -0.05) is 28.2 Å². The molecule has 21 heavy (non-hydrogen) atoms. The van der Waals surface area contributed by atoms with Gasteiger partial charge < -0.3 is 0 Å². The summed E-state index contributed by atoms with van der Waals surface area (Å²) in [5.41, 5.74) is 1.61. The molecule has 0 aliphatic rings. The summed E-state index contributed by atoms with van der Waals surface area (Å²) in [6.07, 6.45) is 0.522. The summed E-state index contributed by atoms with van der Waals surface area (Å²) in [6.45, 7) is -0.514. The fourth-order valence-electron chi connectivity index (χ4n) is 1.70. The normalized spacial score (nSPS) is 11.5. The van der Waals surface area contributed by atoms with Gasteiger partial charge in [0.05, 0.1) is 12.4 Å². The van der Waals surface area contributed by atoms with Crippen LogP contribution in [-0.4, -0.2) is 30.4 Å². The van der Waals surface area contributed by atoms with E-state index >= 15 is 0 Å². The van der Waals surface area contributed by atoms with Crippen molar-refractivity contribution in [2.75, 3.05) is 17.1 Å². The average molecular weight is 350 g/mol. The highest BCUT2D eigenvalue weighted by atomic mass is 35.5. The zero-order chi connectivity index (χ0) is 15.3. The van der Waals surface area contributed by atoms with Crippen LogP contribution in [0.1, 0.15) is 12.8 Å². The maximum Gasteiger partial charge on any atom is 0.232 e. The zero-order valence-corrected chi connectivity index (χ0v) is 13.3. The monoisotopic (exact) mass is 349 g/mol. The Kier molecular flexibility index (Phi) is 5.49. The summed E-state index contributed by atoms with van der Waals surface area (Å²) in [7, 11) is -3.49. The fourth-order valence-corrected chi connectivity index (χ4v) is 3.55. The number of alkyl halides is 1. The summed E-state index contributed by atoms with van der Waals surface area (Å²) >= 11 is 7.03. The second-order valence-corrected chi connectivity index (χ2v) is 7.49. The third-order valence-electron chi connectivity index (χ3n) is 2.65. The van der Waals surface area contributed by atoms with Crippen molar-refractivity contribution in [2.45, 2.75) is 12.8 Å². The van der Waals surface area contributed by atoms with E-state index in [4.69, 9.17) is 11.6 Å². The van der Waals surface area contributed by atoms with Crippen LogP contribution in [0.5, 0.6) is 0 Å². The molecule has 0 aliphatic carbocycles. The molecule has 5 nitrogen and oxygen atoms in total. The molecule has 0 amide bonds. The van der Waals surface area contributed by atoms with Crippen LogP contribution in [0.4, 0.5) is 10.1 Å². The number of halogens is 2. The Morgan fingerprint density at radius 1 is 1.33 bits per heavy atom. The number of rotatable bonds is 7. The maximum absolute atomic E-state index is 12.0. The first-order chi connectivity index (χ1) is 10.0. The van der Waals surface area contributed by atoms with Crippen LogP contribution < -0.4 is 4.72 Å². The van der Waals surface area contributed by atoms with Gasteiger partial charge in [-0.3, -0.25) is 9.11 Å². The molecular weight excluding hydrogens is 337 g/mol. The van der Waals surface area contributed by atoms with Crippen molar-refractivity contribution >= 4 is 38.8 Å². The molecule has 0 radical (unpaired) electrons. The van der Waals surface area contributed by atoms with Crippen molar-refractivity contribution in [3.05, 3.63) is 28.6 Å². The van der Waals surface area contributed by atoms with Crippen LogP contribution in [0, 0.1) is 0 Å². The van der Waals surface area contributed by atoms with E-state index in [2.05, 4.69) is 14.3 Å². The smallest absolute Gasteiger partial charge is 0.232 e. The molecular formula is C12H13ClFN3O2S2. The predicted octanol–water partition coefficient (Wildman–Crippen LogP) is 3.35. The second kappa shape index (κ2) is 7.15. The lowest BCUT2D eigenvalue weighted by atomic mass is 10.1. The van der Waals surface area contributed by atoms with Crippen LogP contribution in [0.2, 0.25) is 4.34 Å². The zero-order valence-electron chi connectivity index (χ0n) is 10.9. The molecule has 0 bridgehead atoms. The van der Waals surface area contributed by atoms with E-state index in [1.165, 1.54) is 0 Å². The Labute approximate surface area is 131 Å². The number of hydrogen-bond acceptors (Lipinski definition) is 5. The molecule has 0 fully saturated rings. The summed E-state index contributed by atoms with van der Waals surface area (Å²) < 4.78 is 42.4. The minimum atomic E-state index is -3.49. The molecule has 0 saturated carbocycles. The van der Waals surface area contributed by atoms with Gasteiger partial charge in [0, 0.05) is 22.8 Å². The lowest BCUT2D eigenvalue weighted by Crippen LogP contribution is -2.16. The highest BCUT2D eigenvalue weighted by Gasteiger charge is 2.12. The molecule has 9 heteroatoms. The standard InChI is InChI=1S/C12H13ClFN3O2S2/c13-12-11(15-17-20-12)9-4-3-5-10(8-9)16-21(18,19)7-2-1-6-14/h3-5,8,16H,1-2,6-7H2. The second-order valence-electron chi connectivity index (χ2n) is 4.29. The van der Waals surface area contributed by atoms with Crippen molar-refractivity contribution in [3.63, 3.8) is 0 Å². The van der Waals surface area contributed by atoms with Crippen LogP contribution in [-0.2, 0) is 10.0 Å². The van der Waals surface area contributed by atoms with Gasteiger partial charge in [-0.2, -0.15) is 0 Å². The Balaban J connectivity index is 2.13. The van der Waals surface area contributed by atoms with Crippen LogP contribution >= 0.6 is 23.1 Å². The van der Waals surface area contributed by atoms with Gasteiger partial charge in [0.15, 0.2) is 0 Å². The molecule has 0 atom stereocenters. The largest absolute Gasteiger partial charge is 0.284 e. The highest BCUT2D eigenvalue weighted by Crippen LogP contribution is 2.29. The Hall–Kier alpha value is -1.25. The SMILES string of the molecule is O=S(=O)(CCCCF)Nc1cccc(-c2nnsc2Cl)c1. The van der Waals surface area contributed by atoms with Gasteiger partial charge in [0.2, 0.25) is 10.0 Å². The molecule has 2 aromatic rings. The Bertz CT molecular complexity index is 706. The summed E-state index contributed by atoms with van der Waals surface area (Å²) in [6, 6.07) is 6.73. The molecule has 1 aromatic carbocycles. The summed E-state index contributed by atoms with van der Waals surface area (Å²) in [5.74, 6) is -0.111. The number of nitrogens with one attached hydrogen (secondary N) is 1. The van der Waals surface area contributed by atoms with E-state index in [-0.39, 0.29) is 18.6 Å². The maximum atomic E-state index is 12.0. The summed E-state index contributed by atoms with van der Waals surface area (Å²) in [4.78, 5) is 0. The van der Waals surface area contributed by atoms with E-state index in [1.807, 2.05) is 0 Å². The van der Waals surface area contributed by atoms with Crippen molar-refractivity contribution in [1.82, 2.24) is 9.59 Å². The fraction of sp³-hybridized carbons (Fsp3) is 0.333. The average Bonchev–Trinajstić information content (AvgIpc) is 2.85. The molecule has 1 aromatic heterocycles. The first-order valence-electron chi connectivity index (χ1n) is 6.16. The van der Waals surface area contributed by atoms with E-state index in [1.54, 1.807) is 24.3 Å². The van der Waals surface area contributed by atoms with Crippen LogP contribution in [0.3, 0.4) is 0 Å². The minimum absolute atomic E-state index is 0.111. The number of anilines is 1. The molecule has 1 N–H and O–H groups in total. The number of hydrogen-bond donors (Lipinski definition) is 1. The van der Waals surface area contributed by atoms with E-state index in [9.17, 15) is 12.8 Å². The number of nitrogens with zero attached hydrogens (tertiary/aromatic N) is 2. The first kappa shape index (κ1) is 16.1. The Morgan fingerprint density at radius 3 is 2.81 bits per heavy atom. The molecule has 0 spiro atoms. The summed E-state index contributed by atoms with van der Waals surface area (Å²) in [5, 5.41) is 3.90. The lowest BCUT2D eigenvalue weighted by molar-refractivity contribution is 0.468. The number of benzene rings is 1. The van der Waals surface area contributed by atoms with Gasteiger partial charge in [0.1, 0.15) is 10.0 Å². The molecule has 114 valence electrons. The third-order valence-corrected chi connectivity index (χ3v) is 4.93. The number of unbranched alkanes of at least 4 members (excludes halogenated alkanes) is 1. The van der Waals surface area contributed by atoms with Gasteiger partial charge in [-0.05, 0) is 25.0 Å². The van der Waals surface area contributed by atoms with Gasteiger partial charge in [-0.25, -0.2) is 8.42 Å². The van der Waals surface area contributed by atoms with Gasteiger partial charge >= 0.3 is 0 Å². The van der Waals surface area contributed by atoms with Crippen LogP contribution in [0.15, 0.2) is 24.3 Å². The number of aromatic nitrogens is 2. The van der Waals surface area contributed by atoms with Gasteiger partial charge in [0.25, 0.3) is 0 Å². The number of sulfonamides is 1. The van der Waals surface area contributed by atoms with Crippen molar-refractivity contribution in [3.8, 4) is 11.3 Å². The van der Waals surface area contributed by atoms with Crippen molar-refractivity contribution in [1.29, 1.82) is 0 Å². The minimum Gasteiger partial charge on any atom is -0.284 e. The third kappa shape index (κ3) is 4.62. The van der Waals surface area contributed by atoms with E-state index in [0.29, 0.717) is 21.3 Å². The van der Waals surface area contributed by atoms with Gasteiger partial charge in [-0.15, -0.1) is 5.10 Å². The Morgan fingerprint density at radius 2 is 2.14 bits per heavy atom. The van der Waals surface area contributed by atoms with Crippen molar-refractivity contribution in [2.24, 2.45) is 0 Å². The van der Waals surface area contributed by atoms with Crippen molar-refractivity contribution < 1.29 is 12.8 Å². The van der Waals surface area contributed by atoms with E-state index in [0.717, 1.165) is 11.5 Å².